The zero-order valence-electron chi connectivity index (χ0n) is 9.30. The van der Waals surface area contributed by atoms with E-state index in [1.807, 2.05) is 0 Å². The van der Waals surface area contributed by atoms with Crippen LogP contribution in [0.15, 0.2) is 27.7 Å². The van der Waals surface area contributed by atoms with E-state index in [-0.39, 0.29) is 5.76 Å². The molecule has 0 bridgehead atoms. The van der Waals surface area contributed by atoms with Crippen molar-refractivity contribution in [2.45, 2.75) is 12.0 Å². The number of nitrogens with zero attached hydrogens (tertiary/aromatic N) is 1. The van der Waals surface area contributed by atoms with E-state index >= 15 is 0 Å². The maximum atomic E-state index is 11.7. The van der Waals surface area contributed by atoms with E-state index in [1.165, 1.54) is 6.07 Å². The monoisotopic (exact) mass is 270 g/mol. The van der Waals surface area contributed by atoms with Gasteiger partial charge < -0.3 is 9.73 Å². The number of aromatic nitrogens is 2. The molecule has 8 nitrogen and oxygen atoms in total. The van der Waals surface area contributed by atoms with Crippen molar-refractivity contribution in [3.8, 4) is 0 Å². The molecule has 0 unspecified atom stereocenters. The van der Waals surface area contributed by atoms with Crippen molar-refractivity contribution in [1.29, 1.82) is 0 Å². The van der Waals surface area contributed by atoms with Gasteiger partial charge in [-0.25, -0.2) is 13.6 Å². The molecule has 0 spiro atoms. The number of primary sulfonamides is 1. The molecule has 0 saturated heterocycles. The summed E-state index contributed by atoms with van der Waals surface area (Å²) in [5, 5.41) is 13.3. The number of aryl methyl sites for hydroxylation is 1. The highest BCUT2D eigenvalue weighted by atomic mass is 32.2. The number of anilines is 1. The summed E-state index contributed by atoms with van der Waals surface area (Å²) >= 11 is 0. The van der Waals surface area contributed by atoms with Gasteiger partial charge in [0, 0.05) is 11.8 Å². The topological polar surface area (TPSA) is 131 Å². The van der Waals surface area contributed by atoms with E-state index in [0.29, 0.717) is 5.82 Å². The highest BCUT2D eigenvalue weighted by Crippen LogP contribution is 2.14. The lowest BCUT2D eigenvalue weighted by Crippen LogP contribution is -2.12. The van der Waals surface area contributed by atoms with Gasteiger partial charge in [0.25, 0.3) is 15.9 Å². The Hall–Kier alpha value is -2.13. The molecule has 18 heavy (non-hydrogen) atoms. The number of sulfonamides is 1. The second-order valence-electron chi connectivity index (χ2n) is 3.55. The van der Waals surface area contributed by atoms with Crippen LogP contribution in [0, 0.1) is 6.92 Å². The Morgan fingerprint density at radius 3 is 2.72 bits per heavy atom. The van der Waals surface area contributed by atoms with Crippen LogP contribution in [-0.4, -0.2) is 24.5 Å². The van der Waals surface area contributed by atoms with Gasteiger partial charge in [-0.1, -0.05) is 0 Å². The summed E-state index contributed by atoms with van der Waals surface area (Å²) < 4.78 is 26.8. The number of furan rings is 1. The first-order chi connectivity index (χ1) is 8.36. The Balaban J connectivity index is 2.17. The Labute approximate surface area is 102 Å². The average molecular weight is 270 g/mol. The number of carbonyl (C=O) groups excluding carboxylic acids is 1. The summed E-state index contributed by atoms with van der Waals surface area (Å²) in [5.74, 6) is -0.470. The molecule has 0 aliphatic heterocycles. The zero-order chi connectivity index (χ0) is 13.3. The number of carbonyl (C=O) groups is 1. The molecule has 0 atom stereocenters. The fourth-order valence-corrected chi connectivity index (χ4v) is 1.72. The van der Waals surface area contributed by atoms with E-state index in [0.717, 1.165) is 11.8 Å². The standard InChI is InChI=1S/C9H10N4O4S/c1-5-4-7(13-12-5)11-9(14)6-2-3-8(17-6)18(10,15)16/h2-4H,1H3,(H2,10,15,16)(H2,11,12,13,14). The van der Waals surface area contributed by atoms with Gasteiger partial charge in [0.15, 0.2) is 11.6 Å². The number of nitrogens with two attached hydrogens (primary N) is 1. The molecule has 0 fully saturated rings. The van der Waals surface area contributed by atoms with Gasteiger partial charge in [-0.2, -0.15) is 5.10 Å². The van der Waals surface area contributed by atoms with Crippen LogP contribution in [0.4, 0.5) is 5.82 Å². The molecular weight excluding hydrogens is 260 g/mol. The summed E-state index contributed by atoms with van der Waals surface area (Å²) in [6, 6.07) is 3.94. The van der Waals surface area contributed by atoms with Gasteiger partial charge in [0.05, 0.1) is 0 Å². The molecule has 0 saturated carbocycles. The summed E-state index contributed by atoms with van der Waals surface area (Å²) in [7, 11) is -3.95. The Morgan fingerprint density at radius 2 is 2.22 bits per heavy atom. The number of aromatic amines is 1. The zero-order valence-corrected chi connectivity index (χ0v) is 10.1. The van der Waals surface area contributed by atoms with Crippen molar-refractivity contribution >= 4 is 21.7 Å². The van der Waals surface area contributed by atoms with Crippen LogP contribution in [0.3, 0.4) is 0 Å². The van der Waals surface area contributed by atoms with Crippen LogP contribution < -0.4 is 10.5 Å². The maximum absolute atomic E-state index is 11.7. The van der Waals surface area contributed by atoms with Gasteiger partial charge in [0.2, 0.25) is 5.09 Å². The highest BCUT2D eigenvalue weighted by Gasteiger charge is 2.18. The second kappa shape index (κ2) is 4.27. The summed E-state index contributed by atoms with van der Waals surface area (Å²) in [6.45, 7) is 1.77. The first-order valence-corrected chi connectivity index (χ1v) is 6.37. The first kappa shape index (κ1) is 12.3. The molecule has 96 valence electrons. The minimum atomic E-state index is -3.95. The minimum absolute atomic E-state index is 0.167. The lowest BCUT2D eigenvalue weighted by atomic mass is 10.4. The Morgan fingerprint density at radius 1 is 1.50 bits per heavy atom. The van der Waals surface area contributed by atoms with E-state index in [4.69, 9.17) is 9.56 Å². The first-order valence-electron chi connectivity index (χ1n) is 4.82. The van der Waals surface area contributed by atoms with E-state index in [2.05, 4.69) is 15.5 Å². The van der Waals surface area contributed by atoms with Crippen molar-refractivity contribution in [1.82, 2.24) is 10.2 Å². The van der Waals surface area contributed by atoms with Crippen LogP contribution in [0.1, 0.15) is 16.2 Å². The van der Waals surface area contributed by atoms with Crippen LogP contribution in [0.5, 0.6) is 0 Å². The van der Waals surface area contributed by atoms with Crippen molar-refractivity contribution in [2.75, 3.05) is 5.32 Å². The van der Waals surface area contributed by atoms with Crippen LogP contribution in [-0.2, 0) is 10.0 Å². The second-order valence-corrected chi connectivity index (χ2v) is 5.05. The lowest BCUT2D eigenvalue weighted by molar-refractivity contribution is 0.0991. The maximum Gasteiger partial charge on any atom is 0.292 e. The number of nitrogens with one attached hydrogen (secondary N) is 2. The normalized spacial score (nSPS) is 11.4. The van der Waals surface area contributed by atoms with Crippen LogP contribution in [0.25, 0.3) is 0 Å². The molecule has 2 aromatic rings. The van der Waals surface area contributed by atoms with E-state index in [1.54, 1.807) is 13.0 Å². The fourth-order valence-electron chi connectivity index (χ4n) is 1.26. The molecule has 0 aromatic carbocycles. The van der Waals surface area contributed by atoms with Gasteiger partial charge >= 0.3 is 0 Å². The quantitative estimate of drug-likeness (QED) is 0.733. The molecule has 9 heteroatoms. The smallest absolute Gasteiger partial charge is 0.292 e. The third-order valence-electron chi connectivity index (χ3n) is 2.03. The number of hydrogen-bond acceptors (Lipinski definition) is 5. The Kier molecular flexibility index (Phi) is 2.93. The minimum Gasteiger partial charge on any atom is -0.438 e. The molecule has 2 heterocycles. The SMILES string of the molecule is Cc1cc(NC(=O)c2ccc(S(N)(=O)=O)o2)n[nH]1. The predicted molar refractivity (Wildman–Crippen MR) is 61.4 cm³/mol. The molecule has 0 radical (unpaired) electrons. The predicted octanol–water partition coefficient (Wildman–Crippen LogP) is 0.211. The molecular formula is C9H10N4O4S. The molecule has 0 aliphatic carbocycles. The number of rotatable bonds is 3. The summed E-state index contributed by atoms with van der Waals surface area (Å²) in [5.41, 5.74) is 0.773. The van der Waals surface area contributed by atoms with E-state index in [9.17, 15) is 13.2 Å². The van der Waals surface area contributed by atoms with Crippen molar-refractivity contribution in [2.24, 2.45) is 5.14 Å². The largest absolute Gasteiger partial charge is 0.438 e. The summed E-state index contributed by atoms with van der Waals surface area (Å²) in [6.07, 6.45) is 0. The van der Waals surface area contributed by atoms with Gasteiger partial charge in [-0.3, -0.25) is 9.89 Å². The van der Waals surface area contributed by atoms with Crippen molar-refractivity contribution < 1.29 is 17.6 Å². The molecule has 4 N–H and O–H groups in total. The lowest BCUT2D eigenvalue weighted by Gasteiger charge is -1.97. The fraction of sp³-hybridized carbons (Fsp3) is 0.111. The highest BCUT2D eigenvalue weighted by molar-refractivity contribution is 7.89. The van der Waals surface area contributed by atoms with Gasteiger partial charge in [0.1, 0.15) is 0 Å². The van der Waals surface area contributed by atoms with Gasteiger partial charge in [-0.05, 0) is 19.1 Å². The number of H-pyrrole nitrogens is 1. The number of amides is 1. The molecule has 2 aromatic heterocycles. The average Bonchev–Trinajstić information content (AvgIpc) is 2.85. The summed E-state index contributed by atoms with van der Waals surface area (Å²) in [4.78, 5) is 11.7. The molecule has 2 rings (SSSR count). The van der Waals surface area contributed by atoms with Crippen molar-refractivity contribution in [3.05, 3.63) is 29.7 Å². The van der Waals surface area contributed by atoms with Crippen LogP contribution >= 0.6 is 0 Å². The van der Waals surface area contributed by atoms with Crippen molar-refractivity contribution in [3.63, 3.8) is 0 Å². The van der Waals surface area contributed by atoms with Crippen LogP contribution in [0.2, 0.25) is 0 Å². The number of hydrogen-bond donors (Lipinski definition) is 3. The molecule has 1 amide bonds. The Bertz CT molecular complexity index is 685. The molecule has 0 aliphatic rings. The third-order valence-corrected chi connectivity index (χ3v) is 2.81. The van der Waals surface area contributed by atoms with E-state index < -0.39 is 21.0 Å². The third kappa shape index (κ3) is 2.57. The van der Waals surface area contributed by atoms with Gasteiger partial charge in [-0.15, -0.1) is 0 Å².